The van der Waals surface area contributed by atoms with Crippen LogP contribution in [0.1, 0.15) is 33.0 Å². The molecule has 2 aromatic heterocycles. The van der Waals surface area contributed by atoms with E-state index in [1.807, 2.05) is 17.5 Å². The molecule has 0 radical (unpaired) electrons. The van der Waals surface area contributed by atoms with Crippen molar-refractivity contribution < 1.29 is 28.7 Å². The summed E-state index contributed by atoms with van der Waals surface area (Å²) >= 11 is 3.62. The Kier molecular flexibility index (Phi) is 7.95. The van der Waals surface area contributed by atoms with E-state index in [4.69, 9.17) is 9.47 Å². The van der Waals surface area contributed by atoms with Gasteiger partial charge in [-0.1, -0.05) is 29.2 Å². The quantitative estimate of drug-likeness (QED) is 0.220. The van der Waals surface area contributed by atoms with Gasteiger partial charge in [0.1, 0.15) is 17.5 Å². The molecule has 3 amide bonds. The topological polar surface area (TPSA) is 124 Å². The number of fused-ring (bicyclic) bond motifs is 2. The highest BCUT2D eigenvalue weighted by Gasteiger charge is 2.57. The largest absolute Gasteiger partial charge is 0.497 e. The van der Waals surface area contributed by atoms with E-state index in [1.54, 1.807) is 55.5 Å². The average molecular weight is 636 g/mol. The van der Waals surface area contributed by atoms with Gasteiger partial charge in [0.25, 0.3) is 0 Å². The number of ether oxygens (including phenoxy) is 2. The number of benzene rings is 2. The van der Waals surface area contributed by atoms with Crippen LogP contribution < -0.4 is 19.8 Å². The Labute approximate surface area is 258 Å². The molecule has 2 aliphatic heterocycles. The second-order valence-electron chi connectivity index (χ2n) is 9.74. The van der Waals surface area contributed by atoms with E-state index in [0.29, 0.717) is 32.6 Å². The number of esters is 1. The number of thiazole rings is 1. The molecule has 2 unspecified atom stereocenters. The fraction of sp³-hybridized carbons (Fsp3) is 0.233. The number of carbonyl (C=O) groups excluding carboxylic acids is 4. The van der Waals surface area contributed by atoms with Crippen LogP contribution in [0.4, 0.5) is 11.4 Å². The standard InChI is InChI=1S/C30H25N3O7S3/c1-3-40-29(37)16-6-8-17(9-7-16)31-21(34)15-32-28-25(43-30(32)38)22(20-5-4-14-41-20)23-24(42-28)27(36)33(26(23)35)18-10-12-19(39-2)13-11-18/h4-14,22-24H,3,15H2,1-2H3,(H,31,34)/t22-,23?,24?/m1/s1. The number of carbonyl (C=O) groups is 4. The zero-order chi connectivity index (χ0) is 30.2. The van der Waals surface area contributed by atoms with Gasteiger partial charge in [0, 0.05) is 21.4 Å². The van der Waals surface area contributed by atoms with Crippen molar-refractivity contribution in [2.24, 2.45) is 5.92 Å². The number of hydrogen-bond acceptors (Lipinski definition) is 10. The minimum Gasteiger partial charge on any atom is -0.497 e. The maximum Gasteiger partial charge on any atom is 0.338 e. The van der Waals surface area contributed by atoms with E-state index in [1.165, 1.54) is 27.9 Å². The lowest BCUT2D eigenvalue weighted by Crippen LogP contribution is -2.32. The van der Waals surface area contributed by atoms with Crippen molar-refractivity contribution in [1.82, 2.24) is 4.57 Å². The zero-order valence-electron chi connectivity index (χ0n) is 23.0. The van der Waals surface area contributed by atoms with Crippen molar-refractivity contribution in [2.75, 3.05) is 23.9 Å². The third kappa shape index (κ3) is 5.28. The predicted molar refractivity (Wildman–Crippen MR) is 164 cm³/mol. The first-order valence-corrected chi connectivity index (χ1v) is 15.9. The molecule has 2 aliphatic rings. The first-order valence-electron chi connectivity index (χ1n) is 13.3. The summed E-state index contributed by atoms with van der Waals surface area (Å²) in [6.45, 7) is 1.69. The molecule has 1 saturated heterocycles. The molecule has 1 fully saturated rings. The van der Waals surface area contributed by atoms with Crippen molar-refractivity contribution in [3.05, 3.63) is 91.0 Å². The predicted octanol–water partition coefficient (Wildman–Crippen LogP) is 4.59. The maximum absolute atomic E-state index is 13.9. The molecule has 2 aromatic carbocycles. The second-order valence-corrected chi connectivity index (χ2v) is 12.8. The third-order valence-corrected chi connectivity index (χ3v) is 10.8. The Morgan fingerprint density at radius 2 is 1.72 bits per heavy atom. The Hall–Kier alpha value is -4.20. The molecule has 4 aromatic rings. The van der Waals surface area contributed by atoms with Crippen molar-refractivity contribution in [3.63, 3.8) is 0 Å². The number of thiophene rings is 1. The van der Waals surface area contributed by atoms with E-state index in [-0.39, 0.29) is 29.8 Å². The molecule has 43 heavy (non-hydrogen) atoms. The number of anilines is 2. The lowest BCUT2D eigenvalue weighted by Gasteiger charge is -2.29. The van der Waals surface area contributed by atoms with E-state index in [9.17, 15) is 24.0 Å². The van der Waals surface area contributed by atoms with Crippen LogP contribution in [0.3, 0.4) is 0 Å². The summed E-state index contributed by atoms with van der Waals surface area (Å²) in [5.41, 5.74) is 1.25. The van der Waals surface area contributed by atoms with E-state index >= 15 is 0 Å². The fourth-order valence-electron chi connectivity index (χ4n) is 5.26. The number of imide groups is 1. The van der Waals surface area contributed by atoms with Gasteiger partial charge < -0.3 is 14.8 Å². The molecule has 0 bridgehead atoms. The van der Waals surface area contributed by atoms with Gasteiger partial charge in [-0.25, -0.2) is 9.69 Å². The van der Waals surface area contributed by atoms with Crippen molar-refractivity contribution in [1.29, 1.82) is 0 Å². The van der Waals surface area contributed by atoms with Gasteiger partial charge in [0.05, 0.1) is 35.9 Å². The molecular weight excluding hydrogens is 611 g/mol. The lowest BCUT2D eigenvalue weighted by molar-refractivity contribution is -0.122. The maximum atomic E-state index is 13.9. The molecule has 0 aliphatic carbocycles. The SMILES string of the molecule is CCOC(=O)c1ccc(NC(=O)Cn2c3c(sc2=O)[C@H](c2cccs2)C2C(=O)N(c4ccc(OC)cc4)C(=O)C2S3)cc1. The summed E-state index contributed by atoms with van der Waals surface area (Å²) < 4.78 is 11.6. The van der Waals surface area contributed by atoms with Gasteiger partial charge in [-0.2, -0.15) is 0 Å². The Morgan fingerprint density at radius 3 is 2.37 bits per heavy atom. The first kappa shape index (κ1) is 28.9. The highest BCUT2D eigenvalue weighted by molar-refractivity contribution is 8.00. The van der Waals surface area contributed by atoms with Crippen molar-refractivity contribution in [3.8, 4) is 5.75 Å². The van der Waals surface area contributed by atoms with E-state index in [2.05, 4.69) is 5.32 Å². The van der Waals surface area contributed by atoms with Crippen LogP contribution in [-0.2, 0) is 25.7 Å². The Balaban J connectivity index is 1.30. The molecule has 1 N–H and O–H groups in total. The minimum atomic E-state index is -0.770. The smallest absolute Gasteiger partial charge is 0.338 e. The van der Waals surface area contributed by atoms with Gasteiger partial charge in [0.15, 0.2) is 0 Å². The molecule has 0 saturated carbocycles. The Morgan fingerprint density at radius 1 is 0.977 bits per heavy atom. The van der Waals surface area contributed by atoms with Gasteiger partial charge >= 0.3 is 10.8 Å². The second kappa shape index (κ2) is 11.8. The zero-order valence-corrected chi connectivity index (χ0v) is 25.4. The molecule has 13 heteroatoms. The lowest BCUT2D eigenvalue weighted by atomic mass is 9.87. The molecule has 0 spiro atoms. The molecule has 220 valence electrons. The van der Waals surface area contributed by atoms with Crippen LogP contribution in [0, 0.1) is 5.92 Å². The summed E-state index contributed by atoms with van der Waals surface area (Å²) in [6.07, 6.45) is 0. The summed E-state index contributed by atoms with van der Waals surface area (Å²) in [7, 11) is 1.54. The van der Waals surface area contributed by atoms with E-state index in [0.717, 1.165) is 28.0 Å². The van der Waals surface area contributed by atoms with Crippen LogP contribution in [0.25, 0.3) is 0 Å². The number of amides is 3. The number of aromatic nitrogens is 1. The number of thioether (sulfide) groups is 1. The van der Waals surface area contributed by atoms with E-state index < -0.39 is 29.0 Å². The number of methoxy groups -OCH3 is 1. The molecule has 10 nitrogen and oxygen atoms in total. The summed E-state index contributed by atoms with van der Waals surface area (Å²) in [6, 6.07) is 16.8. The van der Waals surface area contributed by atoms with Gasteiger partial charge in [-0.15, -0.1) is 11.3 Å². The minimum absolute atomic E-state index is 0.253. The fourth-order valence-corrected chi connectivity index (χ4v) is 8.99. The average Bonchev–Trinajstić information content (AvgIpc) is 3.71. The van der Waals surface area contributed by atoms with Crippen LogP contribution in [-0.4, -0.2) is 47.2 Å². The van der Waals surface area contributed by atoms with Gasteiger partial charge in [0.2, 0.25) is 17.7 Å². The number of nitrogens with zero attached hydrogens (tertiary/aromatic N) is 2. The highest BCUT2D eigenvalue weighted by Crippen LogP contribution is 2.54. The molecular formula is C30H25N3O7S3. The summed E-state index contributed by atoms with van der Waals surface area (Å²) in [4.78, 5) is 68.4. The number of nitrogens with one attached hydrogen (secondary N) is 1. The van der Waals surface area contributed by atoms with Crippen molar-refractivity contribution in [2.45, 2.75) is 29.7 Å². The van der Waals surface area contributed by atoms with Gasteiger partial charge in [-0.05, 0) is 66.9 Å². The van der Waals surface area contributed by atoms with Crippen molar-refractivity contribution >= 4 is 69.5 Å². The normalized spacial score (nSPS) is 19.1. The number of rotatable bonds is 8. The van der Waals surface area contributed by atoms with Crippen LogP contribution in [0.5, 0.6) is 5.75 Å². The molecule has 6 rings (SSSR count). The number of hydrogen-bond donors (Lipinski definition) is 1. The first-order chi connectivity index (χ1) is 20.8. The van der Waals surface area contributed by atoms with Crippen LogP contribution >= 0.6 is 34.4 Å². The highest BCUT2D eigenvalue weighted by atomic mass is 32.2. The van der Waals surface area contributed by atoms with Crippen LogP contribution in [0.2, 0.25) is 0 Å². The Bertz CT molecular complexity index is 1760. The molecule has 4 heterocycles. The molecule has 3 atom stereocenters. The summed E-state index contributed by atoms with van der Waals surface area (Å²) in [5.74, 6) is -2.21. The van der Waals surface area contributed by atoms with Gasteiger partial charge in [-0.3, -0.25) is 23.7 Å². The third-order valence-electron chi connectivity index (χ3n) is 7.21. The monoisotopic (exact) mass is 635 g/mol. The summed E-state index contributed by atoms with van der Waals surface area (Å²) in [5, 5.41) is 4.40. The van der Waals surface area contributed by atoms with Crippen LogP contribution in [0.15, 0.2) is 75.9 Å².